The van der Waals surface area contributed by atoms with Crippen LogP contribution in [0, 0.1) is 0 Å². The molecule has 1 aliphatic carbocycles. The third-order valence-corrected chi connectivity index (χ3v) is 6.21. The first-order valence-corrected chi connectivity index (χ1v) is 9.40. The number of thioether (sulfide) groups is 1. The Hall–Kier alpha value is -0.970. The Morgan fingerprint density at radius 2 is 2.14 bits per heavy atom. The molecule has 110 valence electrons. The molecule has 2 nitrogen and oxygen atoms in total. The summed E-state index contributed by atoms with van der Waals surface area (Å²) in [7, 11) is 0. The lowest BCUT2D eigenvalue weighted by molar-refractivity contribution is 0.223. The van der Waals surface area contributed by atoms with Crippen molar-refractivity contribution in [3.63, 3.8) is 0 Å². The smallest absolute Gasteiger partial charge is 0.120 e. The number of rotatable bonds is 4. The Morgan fingerprint density at radius 3 is 2.95 bits per heavy atom. The van der Waals surface area contributed by atoms with Gasteiger partial charge >= 0.3 is 0 Å². The van der Waals surface area contributed by atoms with Crippen LogP contribution in [-0.4, -0.2) is 17.0 Å². The van der Waals surface area contributed by atoms with E-state index in [1.165, 1.54) is 16.2 Å². The summed E-state index contributed by atoms with van der Waals surface area (Å²) >= 11 is 3.75. The SMILES string of the molecule is OC(c1cccc(OC2CC2)c1)c1cc2c(s1)CCSC2. The van der Waals surface area contributed by atoms with Gasteiger partial charge in [-0.15, -0.1) is 11.3 Å². The molecule has 1 N–H and O–H groups in total. The van der Waals surface area contributed by atoms with Crippen molar-refractivity contribution in [1.82, 2.24) is 0 Å². The standard InChI is InChI=1S/C17H18O2S2/c18-17(16-9-12-10-20-7-6-15(12)21-16)11-2-1-3-14(8-11)19-13-4-5-13/h1-3,8-9,13,17-18H,4-7,10H2. The normalized spacial score (nSPS) is 19.1. The fourth-order valence-corrected chi connectivity index (χ4v) is 5.00. The van der Waals surface area contributed by atoms with Gasteiger partial charge in [-0.3, -0.25) is 0 Å². The van der Waals surface area contributed by atoms with E-state index in [9.17, 15) is 5.11 Å². The van der Waals surface area contributed by atoms with Crippen LogP contribution in [0.15, 0.2) is 30.3 Å². The minimum absolute atomic E-state index is 0.392. The first-order valence-electron chi connectivity index (χ1n) is 7.43. The first-order chi connectivity index (χ1) is 10.3. The van der Waals surface area contributed by atoms with Gasteiger partial charge in [-0.1, -0.05) is 12.1 Å². The Kier molecular flexibility index (Phi) is 3.69. The molecule has 1 unspecified atom stereocenters. The number of aliphatic hydroxyl groups excluding tert-OH is 1. The van der Waals surface area contributed by atoms with Crippen LogP contribution < -0.4 is 4.74 Å². The molecule has 2 aliphatic rings. The largest absolute Gasteiger partial charge is 0.490 e. The highest BCUT2D eigenvalue weighted by atomic mass is 32.2. The molecule has 1 aromatic carbocycles. The van der Waals surface area contributed by atoms with Crippen molar-refractivity contribution in [2.45, 2.75) is 37.2 Å². The summed E-state index contributed by atoms with van der Waals surface area (Å²) in [4.78, 5) is 2.51. The number of thiophene rings is 1. The van der Waals surface area contributed by atoms with Crippen molar-refractivity contribution in [2.24, 2.45) is 0 Å². The summed E-state index contributed by atoms with van der Waals surface area (Å²) in [6.45, 7) is 0. The first kappa shape index (κ1) is 13.7. The molecule has 4 rings (SSSR count). The summed E-state index contributed by atoms with van der Waals surface area (Å²) in [6.07, 6.45) is 3.31. The molecule has 2 heterocycles. The van der Waals surface area contributed by atoms with Crippen molar-refractivity contribution in [1.29, 1.82) is 0 Å². The molecule has 1 atom stereocenters. The lowest BCUT2D eigenvalue weighted by Gasteiger charge is -2.11. The fourth-order valence-electron chi connectivity index (χ4n) is 2.61. The third-order valence-electron chi connectivity index (χ3n) is 3.92. The molecule has 4 heteroatoms. The van der Waals surface area contributed by atoms with Gasteiger partial charge < -0.3 is 9.84 Å². The maximum atomic E-state index is 10.7. The maximum Gasteiger partial charge on any atom is 0.120 e. The van der Waals surface area contributed by atoms with Gasteiger partial charge in [-0.05, 0) is 54.3 Å². The zero-order chi connectivity index (χ0) is 14.2. The van der Waals surface area contributed by atoms with Gasteiger partial charge in [0.1, 0.15) is 11.9 Å². The van der Waals surface area contributed by atoms with Gasteiger partial charge in [-0.25, -0.2) is 0 Å². The second kappa shape index (κ2) is 5.67. The van der Waals surface area contributed by atoms with Crippen molar-refractivity contribution < 1.29 is 9.84 Å². The Labute approximate surface area is 133 Å². The van der Waals surface area contributed by atoms with E-state index in [0.29, 0.717) is 6.10 Å². The quantitative estimate of drug-likeness (QED) is 0.918. The van der Waals surface area contributed by atoms with E-state index in [4.69, 9.17) is 4.74 Å². The molecule has 0 bridgehead atoms. The summed E-state index contributed by atoms with van der Waals surface area (Å²) in [5, 5.41) is 10.7. The van der Waals surface area contributed by atoms with Gasteiger partial charge in [0.2, 0.25) is 0 Å². The molecule has 1 aliphatic heterocycles. The highest BCUT2D eigenvalue weighted by molar-refractivity contribution is 7.98. The van der Waals surface area contributed by atoms with Gasteiger partial charge in [0.05, 0.1) is 6.10 Å². The monoisotopic (exact) mass is 318 g/mol. The predicted molar refractivity (Wildman–Crippen MR) is 88.3 cm³/mol. The van der Waals surface area contributed by atoms with Crippen molar-refractivity contribution in [2.75, 3.05) is 5.75 Å². The summed E-state index contributed by atoms with van der Waals surface area (Å²) in [5.74, 6) is 3.17. The molecule has 1 aromatic heterocycles. The highest BCUT2D eigenvalue weighted by Gasteiger charge is 2.24. The van der Waals surface area contributed by atoms with Crippen molar-refractivity contribution in [3.8, 4) is 5.75 Å². The summed E-state index contributed by atoms with van der Waals surface area (Å²) < 4.78 is 5.82. The van der Waals surface area contributed by atoms with E-state index in [1.54, 1.807) is 11.3 Å². The lowest BCUT2D eigenvalue weighted by atomic mass is 10.1. The predicted octanol–water partition coefficient (Wildman–Crippen LogP) is 4.16. The molecule has 0 amide bonds. The number of aryl methyl sites for hydroxylation is 1. The molecule has 1 saturated carbocycles. The minimum Gasteiger partial charge on any atom is -0.490 e. The lowest BCUT2D eigenvalue weighted by Crippen LogP contribution is -2.00. The Morgan fingerprint density at radius 1 is 1.24 bits per heavy atom. The van der Waals surface area contributed by atoms with Crippen LogP contribution in [0.25, 0.3) is 0 Å². The van der Waals surface area contributed by atoms with E-state index < -0.39 is 6.10 Å². The summed E-state index contributed by atoms with van der Waals surface area (Å²) in [5.41, 5.74) is 2.34. The number of aliphatic hydroxyl groups is 1. The molecule has 0 radical (unpaired) electrons. The van der Waals surface area contributed by atoms with Crippen molar-refractivity contribution >= 4 is 23.1 Å². The van der Waals surface area contributed by atoms with E-state index in [-0.39, 0.29) is 0 Å². The Bertz CT molecular complexity index is 622. The average Bonchev–Trinajstić information content (AvgIpc) is 3.21. The molecular weight excluding hydrogens is 300 g/mol. The van der Waals surface area contributed by atoms with Crippen molar-refractivity contribution in [3.05, 3.63) is 51.2 Å². The average molecular weight is 318 g/mol. The van der Waals surface area contributed by atoms with Crippen LogP contribution in [0.5, 0.6) is 5.75 Å². The second-order valence-electron chi connectivity index (χ2n) is 5.69. The van der Waals surface area contributed by atoms with Crippen LogP contribution >= 0.6 is 23.1 Å². The molecular formula is C17H18O2S2. The van der Waals surface area contributed by atoms with Crippen LogP contribution in [0.4, 0.5) is 0 Å². The van der Waals surface area contributed by atoms with Crippen LogP contribution in [0.1, 0.15) is 39.8 Å². The van der Waals surface area contributed by atoms with Crippen LogP contribution in [0.2, 0.25) is 0 Å². The van der Waals surface area contributed by atoms with E-state index in [0.717, 1.165) is 41.2 Å². The highest BCUT2D eigenvalue weighted by Crippen LogP contribution is 2.37. The van der Waals surface area contributed by atoms with Gasteiger partial charge in [-0.2, -0.15) is 11.8 Å². The molecule has 1 fully saturated rings. The van der Waals surface area contributed by atoms with E-state index >= 15 is 0 Å². The molecule has 2 aromatic rings. The molecule has 0 spiro atoms. The maximum absolute atomic E-state index is 10.7. The van der Waals surface area contributed by atoms with E-state index in [1.807, 2.05) is 36.0 Å². The third kappa shape index (κ3) is 2.98. The van der Waals surface area contributed by atoms with Crippen LogP contribution in [-0.2, 0) is 12.2 Å². The topological polar surface area (TPSA) is 29.5 Å². The second-order valence-corrected chi connectivity index (χ2v) is 7.97. The number of benzene rings is 1. The molecule has 0 saturated heterocycles. The van der Waals surface area contributed by atoms with Gasteiger partial charge in [0, 0.05) is 15.5 Å². The van der Waals surface area contributed by atoms with Crippen LogP contribution in [0.3, 0.4) is 0 Å². The minimum atomic E-state index is -0.534. The number of hydrogen-bond donors (Lipinski definition) is 1. The fraction of sp³-hybridized carbons (Fsp3) is 0.412. The van der Waals surface area contributed by atoms with Gasteiger partial charge in [0.15, 0.2) is 0 Å². The zero-order valence-corrected chi connectivity index (χ0v) is 13.4. The van der Waals surface area contributed by atoms with Gasteiger partial charge in [0.25, 0.3) is 0 Å². The number of ether oxygens (including phenoxy) is 1. The van der Waals surface area contributed by atoms with E-state index in [2.05, 4.69) is 6.07 Å². The zero-order valence-electron chi connectivity index (χ0n) is 11.7. The Balaban J connectivity index is 1.58. The number of hydrogen-bond acceptors (Lipinski definition) is 4. The molecule has 21 heavy (non-hydrogen) atoms. The summed E-state index contributed by atoms with van der Waals surface area (Å²) in [6, 6.07) is 10.1. The number of fused-ring (bicyclic) bond motifs is 1.